The third-order valence-corrected chi connectivity index (χ3v) is 4.77. The second-order valence-electron chi connectivity index (χ2n) is 4.46. The van der Waals surface area contributed by atoms with Crippen molar-refractivity contribution in [3.8, 4) is 0 Å². The largest absolute Gasteiger partial charge is 0.387 e. The molecule has 0 aliphatic carbocycles. The lowest BCUT2D eigenvalue weighted by molar-refractivity contribution is 0.202. The highest BCUT2D eigenvalue weighted by Gasteiger charge is 2.19. The molecular weight excluding hydrogens is 378 g/mol. The number of aliphatic hydroxyl groups is 1. The summed E-state index contributed by atoms with van der Waals surface area (Å²) >= 11 is 9.02. The molecule has 2 N–H and O–H groups in total. The summed E-state index contributed by atoms with van der Waals surface area (Å²) < 4.78 is 27.3. The molecule has 1 unspecified atom stereocenters. The molecule has 0 aliphatic heterocycles. The molecule has 0 spiro atoms. The lowest BCUT2D eigenvalue weighted by Crippen LogP contribution is -2.21. The van der Waals surface area contributed by atoms with Gasteiger partial charge >= 0.3 is 0 Å². The molecule has 0 saturated heterocycles. The molecule has 1 atom stereocenters. The van der Waals surface area contributed by atoms with Gasteiger partial charge in [0.1, 0.15) is 0 Å². The van der Waals surface area contributed by atoms with Crippen molar-refractivity contribution < 1.29 is 13.5 Å². The minimum atomic E-state index is -3.67. The standard InChI is InChI=1S/C14H13BrClNO3S/c15-11-3-1-2-10(8-11)14(18)9-21(19,20)17-13-6-4-12(16)5-7-13/h1-8,14,17-18H,9H2. The predicted molar refractivity (Wildman–Crippen MR) is 88.0 cm³/mol. The minimum absolute atomic E-state index is 0.404. The summed E-state index contributed by atoms with van der Waals surface area (Å²) in [5, 5.41) is 10.6. The van der Waals surface area contributed by atoms with Gasteiger partial charge in [-0.05, 0) is 42.0 Å². The van der Waals surface area contributed by atoms with Gasteiger partial charge in [0.15, 0.2) is 0 Å². The molecule has 0 radical (unpaired) electrons. The van der Waals surface area contributed by atoms with E-state index in [4.69, 9.17) is 11.6 Å². The third kappa shape index (κ3) is 5.00. The molecule has 2 aromatic rings. The SMILES string of the molecule is O=S(=O)(CC(O)c1cccc(Br)c1)Nc1ccc(Cl)cc1. The van der Waals surface area contributed by atoms with Crippen LogP contribution < -0.4 is 4.72 Å². The van der Waals surface area contributed by atoms with Crippen molar-refractivity contribution in [1.82, 2.24) is 0 Å². The van der Waals surface area contributed by atoms with Crippen molar-refractivity contribution in [2.45, 2.75) is 6.10 Å². The van der Waals surface area contributed by atoms with Crippen LogP contribution in [0.4, 0.5) is 5.69 Å². The summed E-state index contributed by atoms with van der Waals surface area (Å²) in [6.07, 6.45) is -1.10. The van der Waals surface area contributed by atoms with Gasteiger partial charge in [-0.3, -0.25) is 4.72 Å². The van der Waals surface area contributed by atoms with Gasteiger partial charge in [0.05, 0.1) is 11.9 Å². The molecule has 0 fully saturated rings. The summed E-state index contributed by atoms with van der Waals surface area (Å²) in [6.45, 7) is 0. The first-order valence-electron chi connectivity index (χ1n) is 6.05. The second-order valence-corrected chi connectivity index (χ2v) is 7.58. The van der Waals surface area contributed by atoms with Crippen LogP contribution in [-0.4, -0.2) is 19.3 Å². The van der Waals surface area contributed by atoms with Crippen LogP contribution in [-0.2, 0) is 10.0 Å². The Labute approximate surface area is 136 Å². The van der Waals surface area contributed by atoms with Crippen molar-refractivity contribution in [2.24, 2.45) is 0 Å². The van der Waals surface area contributed by atoms with Crippen LogP contribution in [0.1, 0.15) is 11.7 Å². The number of aliphatic hydroxyl groups excluding tert-OH is 1. The molecule has 0 amide bonds. The Balaban J connectivity index is 2.08. The third-order valence-electron chi connectivity index (χ3n) is 2.73. The van der Waals surface area contributed by atoms with E-state index in [0.717, 1.165) is 4.47 Å². The van der Waals surface area contributed by atoms with E-state index in [0.29, 0.717) is 16.3 Å². The van der Waals surface area contributed by atoms with Crippen LogP contribution >= 0.6 is 27.5 Å². The monoisotopic (exact) mass is 389 g/mol. The van der Waals surface area contributed by atoms with Gasteiger partial charge < -0.3 is 5.11 Å². The van der Waals surface area contributed by atoms with E-state index >= 15 is 0 Å². The number of sulfonamides is 1. The van der Waals surface area contributed by atoms with Gasteiger partial charge in [-0.1, -0.05) is 39.7 Å². The molecule has 21 heavy (non-hydrogen) atoms. The first-order valence-corrected chi connectivity index (χ1v) is 8.88. The van der Waals surface area contributed by atoms with Gasteiger partial charge in [-0.2, -0.15) is 0 Å². The fraction of sp³-hybridized carbons (Fsp3) is 0.143. The van der Waals surface area contributed by atoms with E-state index in [1.807, 2.05) is 0 Å². The average Bonchev–Trinajstić information content (AvgIpc) is 2.40. The van der Waals surface area contributed by atoms with Crippen molar-refractivity contribution in [3.63, 3.8) is 0 Å². The van der Waals surface area contributed by atoms with Crippen molar-refractivity contribution in [2.75, 3.05) is 10.5 Å². The van der Waals surface area contributed by atoms with Crippen molar-refractivity contribution in [1.29, 1.82) is 0 Å². The van der Waals surface area contributed by atoms with Crippen LogP contribution in [0.15, 0.2) is 53.0 Å². The average molecular weight is 391 g/mol. The highest BCUT2D eigenvalue weighted by atomic mass is 79.9. The second kappa shape index (κ2) is 6.79. The highest BCUT2D eigenvalue weighted by Crippen LogP contribution is 2.21. The lowest BCUT2D eigenvalue weighted by atomic mass is 10.1. The normalized spacial score (nSPS) is 12.9. The number of nitrogens with one attached hydrogen (secondary N) is 1. The summed E-state index contributed by atoms with van der Waals surface area (Å²) in [5.74, 6) is -0.425. The topological polar surface area (TPSA) is 66.4 Å². The molecule has 0 aliphatic rings. The van der Waals surface area contributed by atoms with E-state index in [1.165, 1.54) is 0 Å². The fourth-order valence-corrected chi connectivity index (χ4v) is 3.49. The molecule has 112 valence electrons. The fourth-order valence-electron chi connectivity index (χ4n) is 1.76. The van der Waals surface area contributed by atoms with Crippen LogP contribution in [0.5, 0.6) is 0 Å². The molecular formula is C14H13BrClNO3S. The summed E-state index contributed by atoms with van der Waals surface area (Å²) in [6, 6.07) is 13.2. The first-order chi connectivity index (χ1) is 9.85. The molecule has 2 aromatic carbocycles. The number of anilines is 1. The Morgan fingerprint density at radius 1 is 1.19 bits per heavy atom. The number of halogens is 2. The lowest BCUT2D eigenvalue weighted by Gasteiger charge is -2.13. The number of rotatable bonds is 5. The Morgan fingerprint density at radius 3 is 2.48 bits per heavy atom. The van der Waals surface area contributed by atoms with Crippen LogP contribution in [0, 0.1) is 0 Å². The maximum Gasteiger partial charge on any atom is 0.235 e. The number of benzene rings is 2. The van der Waals surface area contributed by atoms with E-state index in [1.54, 1.807) is 48.5 Å². The van der Waals surface area contributed by atoms with E-state index in [2.05, 4.69) is 20.7 Å². The zero-order valence-corrected chi connectivity index (χ0v) is 14.0. The van der Waals surface area contributed by atoms with Crippen LogP contribution in [0.2, 0.25) is 5.02 Å². The number of hydrogen-bond acceptors (Lipinski definition) is 3. The van der Waals surface area contributed by atoms with Crippen molar-refractivity contribution in [3.05, 3.63) is 63.6 Å². The summed E-state index contributed by atoms with van der Waals surface area (Å²) in [7, 11) is -3.67. The molecule has 0 heterocycles. The first kappa shape index (κ1) is 16.3. The Morgan fingerprint density at radius 2 is 1.86 bits per heavy atom. The molecule has 4 nitrogen and oxygen atoms in total. The maximum atomic E-state index is 12.0. The molecule has 7 heteroatoms. The van der Waals surface area contributed by atoms with Gasteiger partial charge in [0, 0.05) is 15.2 Å². The van der Waals surface area contributed by atoms with E-state index in [9.17, 15) is 13.5 Å². The zero-order valence-electron chi connectivity index (χ0n) is 10.8. The maximum absolute atomic E-state index is 12.0. The highest BCUT2D eigenvalue weighted by molar-refractivity contribution is 9.10. The molecule has 0 aromatic heterocycles. The van der Waals surface area contributed by atoms with Crippen molar-refractivity contribution >= 4 is 43.2 Å². The molecule has 0 saturated carbocycles. The Bertz CT molecular complexity index is 719. The van der Waals surface area contributed by atoms with Gasteiger partial charge in [0.2, 0.25) is 10.0 Å². The quantitative estimate of drug-likeness (QED) is 0.820. The predicted octanol–water partition coefficient (Wildman–Crippen LogP) is 3.58. The smallest absolute Gasteiger partial charge is 0.235 e. The summed E-state index contributed by atoms with van der Waals surface area (Å²) in [4.78, 5) is 0. The van der Waals surface area contributed by atoms with Crippen LogP contribution in [0.3, 0.4) is 0 Å². The van der Waals surface area contributed by atoms with E-state index in [-0.39, 0.29) is 0 Å². The van der Waals surface area contributed by atoms with Gasteiger partial charge in [-0.25, -0.2) is 8.42 Å². The number of hydrogen-bond donors (Lipinski definition) is 2. The minimum Gasteiger partial charge on any atom is -0.387 e. The molecule has 2 rings (SSSR count). The van der Waals surface area contributed by atoms with Gasteiger partial charge in [0.25, 0.3) is 0 Å². The molecule has 0 bridgehead atoms. The van der Waals surface area contributed by atoms with E-state index < -0.39 is 21.9 Å². The van der Waals surface area contributed by atoms with Gasteiger partial charge in [-0.15, -0.1) is 0 Å². The van der Waals surface area contributed by atoms with Crippen LogP contribution in [0.25, 0.3) is 0 Å². The Kier molecular flexibility index (Phi) is 5.27. The zero-order chi connectivity index (χ0) is 15.5. The summed E-state index contributed by atoms with van der Waals surface area (Å²) in [5.41, 5.74) is 0.937. The Hall–Kier alpha value is -1.08.